The van der Waals surface area contributed by atoms with Gasteiger partial charge in [-0.15, -0.1) is 35.7 Å². The van der Waals surface area contributed by atoms with Crippen molar-refractivity contribution >= 4 is 21.8 Å². The first-order valence-electron chi connectivity index (χ1n) is 17.9. The SMILES string of the molecule is CCCCCc1cc(Oc2[c-]c3c(cc2)c2cc(CC(C)(C)C)ccc2n3-c2cc(C)ccn2)[c-]c(-n2nc(C)c(-c3ccccc3)c2C)c1.[Pt+2]. The van der Waals surface area contributed by atoms with Gasteiger partial charge in [0.05, 0.1) is 5.69 Å². The molecule has 0 N–H and O–H groups in total. The molecule has 3 heterocycles. The van der Waals surface area contributed by atoms with Gasteiger partial charge in [-0.2, -0.15) is 16.7 Å². The molecular weight excluding hydrogens is 808 g/mol. The summed E-state index contributed by atoms with van der Waals surface area (Å²) in [6.07, 6.45) is 7.30. The number of aryl methyl sites for hydroxylation is 3. The first-order valence-corrected chi connectivity index (χ1v) is 17.9. The smallest absolute Gasteiger partial charge is 0.509 e. The van der Waals surface area contributed by atoms with E-state index in [9.17, 15) is 0 Å². The molecule has 3 aromatic heterocycles. The molecule has 0 spiro atoms. The van der Waals surface area contributed by atoms with Crippen LogP contribution in [0.3, 0.4) is 0 Å². The van der Waals surface area contributed by atoms with Gasteiger partial charge in [0.1, 0.15) is 5.82 Å². The third-order valence-electron chi connectivity index (χ3n) is 9.34. The van der Waals surface area contributed by atoms with Crippen molar-refractivity contribution in [3.8, 4) is 34.1 Å². The van der Waals surface area contributed by atoms with Crippen LogP contribution in [0.1, 0.15) is 75.0 Å². The molecule has 7 rings (SSSR count). The Labute approximate surface area is 317 Å². The van der Waals surface area contributed by atoms with E-state index in [2.05, 4.69) is 132 Å². The van der Waals surface area contributed by atoms with Crippen LogP contribution in [0.2, 0.25) is 0 Å². The predicted octanol–water partition coefficient (Wildman–Crippen LogP) is 11.7. The summed E-state index contributed by atoms with van der Waals surface area (Å²) in [5, 5.41) is 7.32. The molecule has 4 aromatic carbocycles. The zero-order chi connectivity index (χ0) is 35.0. The molecule has 0 atom stereocenters. The van der Waals surface area contributed by atoms with E-state index < -0.39 is 0 Å². The fourth-order valence-corrected chi connectivity index (χ4v) is 7.13. The van der Waals surface area contributed by atoms with Crippen LogP contribution in [0.5, 0.6) is 11.5 Å². The van der Waals surface area contributed by atoms with Crippen molar-refractivity contribution in [2.24, 2.45) is 5.41 Å². The summed E-state index contributed by atoms with van der Waals surface area (Å²) >= 11 is 0. The molecule has 0 bridgehead atoms. The Kier molecular flexibility index (Phi) is 10.7. The maximum Gasteiger partial charge on any atom is 2.00 e. The number of fused-ring (bicyclic) bond motifs is 3. The Balaban J connectivity index is 0.00000448. The van der Waals surface area contributed by atoms with Gasteiger partial charge in [-0.05, 0) is 78.6 Å². The van der Waals surface area contributed by atoms with Crippen LogP contribution in [0.25, 0.3) is 44.4 Å². The number of benzene rings is 4. The molecule has 0 radical (unpaired) electrons. The number of aromatic nitrogens is 4. The molecule has 0 saturated carbocycles. The molecule has 0 aliphatic rings. The molecule has 51 heavy (non-hydrogen) atoms. The molecule has 0 fully saturated rings. The van der Waals surface area contributed by atoms with Crippen molar-refractivity contribution in [3.63, 3.8) is 0 Å². The number of hydrogen-bond acceptors (Lipinski definition) is 3. The largest absolute Gasteiger partial charge is 2.00 e. The maximum absolute atomic E-state index is 6.67. The normalized spacial score (nSPS) is 11.7. The van der Waals surface area contributed by atoms with Crippen LogP contribution >= 0.6 is 0 Å². The van der Waals surface area contributed by atoms with E-state index in [0.29, 0.717) is 11.5 Å². The second kappa shape index (κ2) is 15.0. The fraction of sp³-hybridized carbons (Fsp3) is 0.289. The van der Waals surface area contributed by atoms with Crippen LogP contribution in [-0.4, -0.2) is 19.3 Å². The van der Waals surface area contributed by atoms with E-state index >= 15 is 0 Å². The monoisotopic (exact) mass is 853 g/mol. The van der Waals surface area contributed by atoms with Gasteiger partial charge in [-0.3, -0.25) is 4.68 Å². The van der Waals surface area contributed by atoms with Crippen molar-refractivity contribution in [1.82, 2.24) is 19.3 Å². The standard InChI is InChI=1S/C45H46N4O.Pt/c1-8-9-11-14-33-24-36(49-32(4)44(31(3)47-49)35-15-12-10-13-16-35)27-38(25-33)50-37-18-19-39-40-26-34(29-45(5,6)7)17-20-41(40)48(42(39)28-37)43-23-30(2)21-22-46-43;/h10,12-13,15-26H,8-9,11,14,29H2,1-7H3;/q-2;+2. The minimum absolute atomic E-state index is 0. The average molecular weight is 854 g/mol. The quantitative estimate of drug-likeness (QED) is 0.102. The van der Waals surface area contributed by atoms with E-state index in [1.165, 1.54) is 29.4 Å². The van der Waals surface area contributed by atoms with Gasteiger partial charge in [-0.1, -0.05) is 101 Å². The first kappa shape index (κ1) is 36.3. The summed E-state index contributed by atoms with van der Waals surface area (Å²) in [5.41, 5.74) is 11.2. The van der Waals surface area contributed by atoms with Crippen molar-refractivity contribution in [1.29, 1.82) is 0 Å². The predicted molar refractivity (Wildman–Crippen MR) is 206 cm³/mol. The summed E-state index contributed by atoms with van der Waals surface area (Å²) in [4.78, 5) is 4.80. The van der Waals surface area contributed by atoms with Crippen LogP contribution < -0.4 is 4.74 Å². The molecule has 0 saturated heterocycles. The van der Waals surface area contributed by atoms with Crippen molar-refractivity contribution in [2.75, 3.05) is 0 Å². The van der Waals surface area contributed by atoms with E-state index in [1.54, 1.807) is 0 Å². The Hall–Kier alpha value is -4.47. The number of nitrogens with zero attached hydrogens (tertiary/aromatic N) is 4. The molecule has 262 valence electrons. The zero-order valence-corrected chi connectivity index (χ0v) is 33.0. The number of ether oxygens (including phenoxy) is 1. The molecular formula is C45H46N4OPt. The minimum Gasteiger partial charge on any atom is -0.509 e. The van der Waals surface area contributed by atoms with Gasteiger partial charge in [-0.25, -0.2) is 4.98 Å². The third kappa shape index (κ3) is 7.75. The minimum atomic E-state index is 0. The summed E-state index contributed by atoms with van der Waals surface area (Å²) in [6.45, 7) is 15.4. The number of hydrogen-bond donors (Lipinski definition) is 0. The molecule has 0 amide bonds. The van der Waals surface area contributed by atoms with Crippen LogP contribution in [-0.2, 0) is 33.9 Å². The van der Waals surface area contributed by atoms with Crippen LogP contribution in [0.4, 0.5) is 0 Å². The molecule has 7 aromatic rings. The Bertz CT molecular complexity index is 2310. The Morgan fingerprint density at radius 1 is 0.784 bits per heavy atom. The van der Waals surface area contributed by atoms with Crippen molar-refractivity contribution in [2.45, 2.75) is 80.6 Å². The van der Waals surface area contributed by atoms with Gasteiger partial charge in [0.2, 0.25) is 0 Å². The zero-order valence-electron chi connectivity index (χ0n) is 30.7. The van der Waals surface area contributed by atoms with Crippen molar-refractivity contribution in [3.05, 3.63) is 131 Å². The van der Waals surface area contributed by atoms with E-state index in [4.69, 9.17) is 14.8 Å². The Morgan fingerprint density at radius 3 is 2.33 bits per heavy atom. The number of unbranched alkanes of at least 4 members (excludes halogenated alkanes) is 2. The van der Waals surface area contributed by atoms with Gasteiger partial charge in [0, 0.05) is 34.5 Å². The second-order valence-corrected chi connectivity index (χ2v) is 14.8. The number of rotatable bonds is 10. The summed E-state index contributed by atoms with van der Waals surface area (Å²) in [7, 11) is 0. The molecule has 0 unspecified atom stereocenters. The topological polar surface area (TPSA) is 44.9 Å². The first-order chi connectivity index (χ1) is 24.1. The van der Waals surface area contributed by atoms with Gasteiger partial charge >= 0.3 is 21.1 Å². The van der Waals surface area contributed by atoms with Gasteiger partial charge in [0.15, 0.2) is 0 Å². The summed E-state index contributed by atoms with van der Waals surface area (Å²) in [6, 6.07) is 37.2. The van der Waals surface area contributed by atoms with Crippen LogP contribution in [0, 0.1) is 38.3 Å². The third-order valence-corrected chi connectivity index (χ3v) is 9.34. The van der Waals surface area contributed by atoms with Gasteiger partial charge < -0.3 is 9.30 Å². The molecule has 5 nitrogen and oxygen atoms in total. The molecule has 0 aliphatic heterocycles. The summed E-state index contributed by atoms with van der Waals surface area (Å²) < 4.78 is 10.9. The molecule has 6 heteroatoms. The fourth-order valence-electron chi connectivity index (χ4n) is 7.13. The van der Waals surface area contributed by atoms with Crippen LogP contribution in [0.15, 0.2) is 91.1 Å². The van der Waals surface area contributed by atoms with E-state index in [0.717, 1.165) is 75.3 Å². The number of pyridine rings is 1. The van der Waals surface area contributed by atoms with Gasteiger partial charge in [0.25, 0.3) is 0 Å². The van der Waals surface area contributed by atoms with E-state index in [-0.39, 0.29) is 26.5 Å². The maximum atomic E-state index is 6.67. The summed E-state index contributed by atoms with van der Waals surface area (Å²) in [5.74, 6) is 2.16. The van der Waals surface area contributed by atoms with E-state index in [1.807, 2.05) is 29.1 Å². The second-order valence-electron chi connectivity index (χ2n) is 14.8. The Morgan fingerprint density at radius 2 is 1.59 bits per heavy atom. The average Bonchev–Trinajstić information content (AvgIpc) is 3.56. The van der Waals surface area contributed by atoms with Crippen molar-refractivity contribution < 1.29 is 25.8 Å². The molecule has 0 aliphatic carbocycles.